The van der Waals surface area contributed by atoms with Gasteiger partial charge in [-0.2, -0.15) is 11.3 Å². The van der Waals surface area contributed by atoms with Gasteiger partial charge in [-0.05, 0) is 37.1 Å². The zero-order valence-corrected chi connectivity index (χ0v) is 16.0. The molecular weight excluding hydrogens is 336 g/mol. The Kier molecular flexibility index (Phi) is 5.91. The van der Waals surface area contributed by atoms with Crippen LogP contribution in [0.15, 0.2) is 21.2 Å². The molecule has 2 aromatic rings. The lowest BCUT2D eigenvalue weighted by molar-refractivity contribution is -0.130. The van der Waals surface area contributed by atoms with Gasteiger partial charge in [0, 0.05) is 30.6 Å². The van der Waals surface area contributed by atoms with Crippen LogP contribution in [-0.4, -0.2) is 41.6 Å². The number of hydrogen-bond acceptors (Lipinski definition) is 5. The number of aryl methyl sites for hydroxylation is 1. The molecule has 6 heteroatoms. The minimum Gasteiger partial charge on any atom is -0.441 e. The maximum Gasteiger partial charge on any atom is 0.228 e. The second-order valence-corrected chi connectivity index (χ2v) is 7.79. The first-order chi connectivity index (χ1) is 12.0. The van der Waals surface area contributed by atoms with E-state index in [-0.39, 0.29) is 18.4 Å². The first-order valence-corrected chi connectivity index (χ1v) is 9.85. The number of hydrogen-bond donors (Lipinski definition) is 0. The van der Waals surface area contributed by atoms with Crippen molar-refractivity contribution in [1.82, 2.24) is 9.88 Å². The van der Waals surface area contributed by atoms with Gasteiger partial charge >= 0.3 is 0 Å². The summed E-state index contributed by atoms with van der Waals surface area (Å²) in [4.78, 5) is 19.0. The highest BCUT2D eigenvalue weighted by atomic mass is 32.1. The van der Waals surface area contributed by atoms with Gasteiger partial charge in [-0.25, -0.2) is 4.98 Å². The van der Waals surface area contributed by atoms with Gasteiger partial charge in [-0.15, -0.1) is 0 Å². The van der Waals surface area contributed by atoms with E-state index in [4.69, 9.17) is 9.15 Å². The minimum atomic E-state index is 0.100. The lowest BCUT2D eigenvalue weighted by Gasteiger charge is -2.16. The molecule has 1 aliphatic heterocycles. The first kappa shape index (κ1) is 18.1. The predicted octanol–water partition coefficient (Wildman–Crippen LogP) is 3.92. The SMILES string of the molecule is Cc1oc(-c2ccsc2)nc1CC(=O)N1CCC(OCCC(C)C)C1. The molecule has 0 saturated carbocycles. The summed E-state index contributed by atoms with van der Waals surface area (Å²) in [6.45, 7) is 8.48. The first-order valence-electron chi connectivity index (χ1n) is 8.91. The summed E-state index contributed by atoms with van der Waals surface area (Å²) in [5, 5.41) is 3.99. The normalized spacial score (nSPS) is 17.6. The second kappa shape index (κ2) is 8.15. The number of thiophene rings is 1. The van der Waals surface area contributed by atoms with E-state index in [0.29, 0.717) is 18.4 Å². The van der Waals surface area contributed by atoms with Crippen molar-refractivity contribution in [2.24, 2.45) is 5.92 Å². The van der Waals surface area contributed by atoms with Crippen molar-refractivity contribution in [3.63, 3.8) is 0 Å². The molecule has 3 rings (SSSR count). The molecule has 0 spiro atoms. The zero-order chi connectivity index (χ0) is 17.8. The third kappa shape index (κ3) is 4.70. The van der Waals surface area contributed by atoms with Crippen molar-refractivity contribution in [1.29, 1.82) is 0 Å². The highest BCUT2D eigenvalue weighted by Gasteiger charge is 2.28. The van der Waals surface area contributed by atoms with Crippen LogP contribution >= 0.6 is 11.3 Å². The van der Waals surface area contributed by atoms with E-state index >= 15 is 0 Å². The van der Waals surface area contributed by atoms with Crippen molar-refractivity contribution >= 4 is 17.2 Å². The molecular formula is C19H26N2O3S. The standard InChI is InChI=1S/C19H26N2O3S/c1-13(2)5-8-23-16-4-7-21(11-16)18(22)10-17-14(3)24-19(20-17)15-6-9-25-12-15/h6,9,12-13,16H,4-5,7-8,10-11H2,1-3H3. The Morgan fingerprint density at radius 2 is 2.36 bits per heavy atom. The monoisotopic (exact) mass is 362 g/mol. The van der Waals surface area contributed by atoms with Crippen LogP contribution in [0.4, 0.5) is 0 Å². The van der Waals surface area contributed by atoms with Crippen molar-refractivity contribution in [3.8, 4) is 11.5 Å². The lowest BCUT2D eigenvalue weighted by atomic mass is 10.1. The highest BCUT2D eigenvalue weighted by molar-refractivity contribution is 7.08. The fourth-order valence-electron chi connectivity index (χ4n) is 2.92. The Labute approximate surface area is 153 Å². The van der Waals surface area contributed by atoms with Crippen LogP contribution in [0.25, 0.3) is 11.5 Å². The Balaban J connectivity index is 1.53. The summed E-state index contributed by atoms with van der Waals surface area (Å²) in [6.07, 6.45) is 2.44. The van der Waals surface area contributed by atoms with E-state index < -0.39 is 0 Å². The highest BCUT2D eigenvalue weighted by Crippen LogP contribution is 2.24. The molecule has 0 N–H and O–H groups in total. The van der Waals surface area contributed by atoms with Crippen LogP contribution < -0.4 is 0 Å². The fourth-order valence-corrected chi connectivity index (χ4v) is 3.55. The average molecular weight is 362 g/mol. The van der Waals surface area contributed by atoms with E-state index in [2.05, 4.69) is 18.8 Å². The maximum atomic E-state index is 12.6. The molecule has 0 aromatic carbocycles. The van der Waals surface area contributed by atoms with Gasteiger partial charge in [-0.3, -0.25) is 4.79 Å². The van der Waals surface area contributed by atoms with Gasteiger partial charge < -0.3 is 14.1 Å². The van der Waals surface area contributed by atoms with Crippen LogP contribution in [0.2, 0.25) is 0 Å². The van der Waals surface area contributed by atoms with Crippen molar-refractivity contribution in [2.45, 2.75) is 46.1 Å². The minimum absolute atomic E-state index is 0.100. The van der Waals surface area contributed by atoms with Crippen molar-refractivity contribution in [2.75, 3.05) is 19.7 Å². The van der Waals surface area contributed by atoms with Crippen LogP contribution in [0.3, 0.4) is 0 Å². The molecule has 0 aliphatic carbocycles. The molecule has 1 unspecified atom stereocenters. The Bertz CT molecular complexity index is 694. The van der Waals surface area contributed by atoms with E-state index in [1.165, 1.54) is 0 Å². The molecule has 5 nitrogen and oxygen atoms in total. The maximum absolute atomic E-state index is 12.6. The number of aromatic nitrogens is 1. The van der Waals surface area contributed by atoms with Gasteiger partial charge in [0.05, 0.1) is 18.2 Å². The van der Waals surface area contributed by atoms with E-state index in [0.717, 1.165) is 43.0 Å². The average Bonchev–Trinajstić information content (AvgIpc) is 3.28. The number of likely N-dealkylation sites (tertiary alicyclic amines) is 1. The topological polar surface area (TPSA) is 55.6 Å². The Morgan fingerprint density at radius 1 is 1.52 bits per heavy atom. The summed E-state index contributed by atoms with van der Waals surface area (Å²) >= 11 is 1.60. The van der Waals surface area contributed by atoms with Gasteiger partial charge in [0.1, 0.15) is 5.76 Å². The molecule has 1 amide bonds. The van der Waals surface area contributed by atoms with E-state index in [1.807, 2.05) is 28.7 Å². The summed E-state index contributed by atoms with van der Waals surface area (Å²) in [6, 6.07) is 1.97. The van der Waals surface area contributed by atoms with E-state index in [1.54, 1.807) is 11.3 Å². The van der Waals surface area contributed by atoms with Gasteiger partial charge in [0.2, 0.25) is 11.8 Å². The van der Waals surface area contributed by atoms with Gasteiger partial charge in [0.25, 0.3) is 0 Å². The van der Waals surface area contributed by atoms with Crippen molar-refractivity contribution in [3.05, 3.63) is 28.3 Å². The summed E-state index contributed by atoms with van der Waals surface area (Å²) in [7, 11) is 0. The predicted molar refractivity (Wildman–Crippen MR) is 98.6 cm³/mol. The molecule has 25 heavy (non-hydrogen) atoms. The lowest BCUT2D eigenvalue weighted by Crippen LogP contribution is -2.31. The number of nitrogens with zero attached hydrogens (tertiary/aromatic N) is 2. The number of carbonyl (C=O) groups is 1. The van der Waals surface area contributed by atoms with Crippen molar-refractivity contribution < 1.29 is 13.9 Å². The third-order valence-corrected chi connectivity index (χ3v) is 5.21. The number of rotatable bonds is 7. The molecule has 3 heterocycles. The molecule has 2 aromatic heterocycles. The smallest absolute Gasteiger partial charge is 0.228 e. The molecule has 1 fully saturated rings. The summed E-state index contributed by atoms with van der Waals surface area (Å²) in [5.41, 5.74) is 1.70. The fraction of sp³-hybridized carbons (Fsp3) is 0.579. The van der Waals surface area contributed by atoms with Crippen LogP contribution in [0.1, 0.15) is 38.1 Å². The third-order valence-electron chi connectivity index (χ3n) is 4.53. The molecule has 1 atom stereocenters. The summed E-state index contributed by atoms with van der Waals surface area (Å²) in [5.74, 6) is 2.06. The quantitative estimate of drug-likeness (QED) is 0.749. The number of ether oxygens (including phenoxy) is 1. The summed E-state index contributed by atoms with van der Waals surface area (Å²) < 4.78 is 11.6. The number of oxazole rings is 1. The molecule has 1 aliphatic rings. The van der Waals surface area contributed by atoms with Gasteiger partial charge in [-0.1, -0.05) is 13.8 Å². The van der Waals surface area contributed by atoms with Crippen LogP contribution in [-0.2, 0) is 16.0 Å². The molecule has 136 valence electrons. The number of amides is 1. The zero-order valence-electron chi connectivity index (χ0n) is 15.2. The van der Waals surface area contributed by atoms with Crippen LogP contribution in [0.5, 0.6) is 0 Å². The molecule has 1 saturated heterocycles. The van der Waals surface area contributed by atoms with Crippen LogP contribution in [0, 0.1) is 12.8 Å². The molecule has 0 bridgehead atoms. The van der Waals surface area contributed by atoms with E-state index in [9.17, 15) is 4.79 Å². The Hall–Kier alpha value is -1.66. The van der Waals surface area contributed by atoms with Gasteiger partial charge in [0.15, 0.2) is 0 Å². The number of carbonyl (C=O) groups excluding carboxylic acids is 1. The Morgan fingerprint density at radius 3 is 3.08 bits per heavy atom. The largest absolute Gasteiger partial charge is 0.441 e. The molecule has 0 radical (unpaired) electrons. The second-order valence-electron chi connectivity index (χ2n) is 7.01.